The fourth-order valence-corrected chi connectivity index (χ4v) is 2.64. The highest BCUT2D eigenvalue weighted by molar-refractivity contribution is 4.97. The number of aryl methyl sites for hydroxylation is 1. The summed E-state index contributed by atoms with van der Waals surface area (Å²) in [6.45, 7) is 6.23. The van der Waals surface area contributed by atoms with Crippen molar-refractivity contribution in [1.82, 2.24) is 25.5 Å². The molecule has 2 unspecified atom stereocenters. The summed E-state index contributed by atoms with van der Waals surface area (Å²) in [5.74, 6) is 0.784. The zero-order valence-electron chi connectivity index (χ0n) is 12.2. The van der Waals surface area contributed by atoms with Crippen LogP contribution < -0.4 is 5.32 Å². The molecule has 2 rings (SSSR count). The van der Waals surface area contributed by atoms with Gasteiger partial charge in [0, 0.05) is 19.1 Å². The zero-order valence-corrected chi connectivity index (χ0v) is 12.2. The molecule has 0 aromatic carbocycles. The van der Waals surface area contributed by atoms with Crippen LogP contribution in [0.25, 0.3) is 0 Å². The Morgan fingerprint density at radius 2 is 2.32 bits per heavy atom. The smallest absolute Gasteiger partial charge is 0.176 e. The lowest BCUT2D eigenvalue weighted by molar-refractivity contribution is -0.0886. The lowest BCUT2D eigenvalue weighted by atomic mass is 9.86. The second kappa shape index (κ2) is 6.43. The summed E-state index contributed by atoms with van der Waals surface area (Å²) in [7, 11) is 1.80. The fraction of sp³-hybridized carbons (Fsp3) is 0.923. The van der Waals surface area contributed by atoms with Gasteiger partial charge in [0.1, 0.15) is 0 Å². The van der Waals surface area contributed by atoms with Crippen molar-refractivity contribution in [3.05, 3.63) is 5.82 Å². The van der Waals surface area contributed by atoms with Gasteiger partial charge in [-0.15, -0.1) is 10.2 Å². The Morgan fingerprint density at radius 1 is 1.47 bits per heavy atom. The maximum absolute atomic E-state index is 6.06. The molecule has 6 heteroatoms. The summed E-state index contributed by atoms with van der Waals surface area (Å²) in [6, 6.07) is 0.247. The maximum Gasteiger partial charge on any atom is 0.176 e. The van der Waals surface area contributed by atoms with Gasteiger partial charge in [0.15, 0.2) is 5.82 Å². The molecule has 0 saturated carbocycles. The van der Waals surface area contributed by atoms with E-state index >= 15 is 0 Å². The molecule has 6 nitrogen and oxygen atoms in total. The van der Waals surface area contributed by atoms with Gasteiger partial charge < -0.3 is 10.1 Å². The Balaban J connectivity index is 2.05. The minimum absolute atomic E-state index is 0.118. The predicted molar refractivity (Wildman–Crippen MR) is 72.8 cm³/mol. The van der Waals surface area contributed by atoms with Crippen LogP contribution in [-0.2, 0) is 18.2 Å². The van der Waals surface area contributed by atoms with Crippen molar-refractivity contribution in [3.8, 4) is 0 Å². The van der Waals surface area contributed by atoms with Crippen molar-refractivity contribution in [2.75, 3.05) is 13.2 Å². The Labute approximate surface area is 114 Å². The molecule has 0 amide bonds. The fourth-order valence-electron chi connectivity index (χ4n) is 2.64. The minimum Gasteiger partial charge on any atom is -0.374 e. The van der Waals surface area contributed by atoms with E-state index in [9.17, 15) is 0 Å². The molecule has 0 spiro atoms. The first-order valence-electron chi connectivity index (χ1n) is 7.24. The predicted octanol–water partition coefficient (Wildman–Crippen LogP) is 1.08. The third kappa shape index (κ3) is 3.73. The van der Waals surface area contributed by atoms with Crippen molar-refractivity contribution >= 4 is 0 Å². The Morgan fingerprint density at radius 3 is 2.89 bits per heavy atom. The third-order valence-corrected chi connectivity index (χ3v) is 3.81. The van der Waals surface area contributed by atoms with Crippen LogP contribution in [0.5, 0.6) is 0 Å². The molecule has 1 aliphatic heterocycles. The van der Waals surface area contributed by atoms with Crippen LogP contribution in [0.1, 0.15) is 45.4 Å². The highest BCUT2D eigenvalue weighted by Crippen LogP contribution is 2.29. The summed E-state index contributed by atoms with van der Waals surface area (Å²) in [5.41, 5.74) is -0.118. The van der Waals surface area contributed by atoms with Gasteiger partial charge in [-0.25, -0.2) is 0 Å². The van der Waals surface area contributed by atoms with Crippen LogP contribution in [-0.4, -0.2) is 45.0 Å². The average molecular weight is 267 g/mol. The first kappa shape index (κ1) is 14.4. The lowest BCUT2D eigenvalue weighted by Gasteiger charge is -2.40. The van der Waals surface area contributed by atoms with Crippen LogP contribution in [0.4, 0.5) is 0 Å². The van der Waals surface area contributed by atoms with Crippen LogP contribution in [0, 0.1) is 0 Å². The molecule has 1 aromatic heterocycles. The molecule has 1 N–H and O–H groups in total. The SMILES string of the molecule is CCCNC(Cc1nnn(C)n1)C1(C)CCCCO1. The summed E-state index contributed by atoms with van der Waals surface area (Å²) in [6.07, 6.45) is 5.37. The van der Waals surface area contributed by atoms with E-state index in [1.807, 2.05) is 0 Å². The van der Waals surface area contributed by atoms with Crippen molar-refractivity contribution in [3.63, 3.8) is 0 Å². The van der Waals surface area contributed by atoms with Crippen LogP contribution in [0.3, 0.4) is 0 Å². The van der Waals surface area contributed by atoms with Crippen LogP contribution >= 0.6 is 0 Å². The third-order valence-electron chi connectivity index (χ3n) is 3.81. The average Bonchev–Trinajstić information content (AvgIpc) is 2.81. The second-order valence-electron chi connectivity index (χ2n) is 5.52. The first-order valence-corrected chi connectivity index (χ1v) is 7.24. The molecule has 0 radical (unpaired) electrons. The molecular formula is C13H25N5O. The first-order chi connectivity index (χ1) is 9.14. The molecule has 0 bridgehead atoms. The van der Waals surface area contributed by atoms with Crippen LogP contribution in [0.2, 0.25) is 0 Å². The number of nitrogens with one attached hydrogen (secondary N) is 1. The van der Waals surface area contributed by atoms with E-state index in [0.717, 1.165) is 38.2 Å². The normalized spacial score (nSPS) is 25.4. The molecule has 1 fully saturated rings. The molecule has 1 saturated heterocycles. The van der Waals surface area contributed by atoms with Gasteiger partial charge in [0.25, 0.3) is 0 Å². The van der Waals surface area contributed by atoms with Crippen molar-refractivity contribution in [2.45, 2.75) is 57.6 Å². The minimum atomic E-state index is -0.118. The van der Waals surface area contributed by atoms with Gasteiger partial charge in [0.2, 0.25) is 0 Å². The standard InChI is InChI=1S/C13H25N5O/c1-4-8-14-11(10-12-15-17-18(3)16-12)13(2)7-5-6-9-19-13/h11,14H,4-10H2,1-3H3. The van der Waals surface area contributed by atoms with Gasteiger partial charge in [-0.1, -0.05) is 6.92 Å². The van der Waals surface area contributed by atoms with E-state index in [1.54, 1.807) is 7.05 Å². The summed E-state index contributed by atoms with van der Waals surface area (Å²) in [5, 5.41) is 15.9. The van der Waals surface area contributed by atoms with E-state index in [0.29, 0.717) is 0 Å². The maximum atomic E-state index is 6.06. The Bertz CT molecular complexity index is 386. The van der Waals surface area contributed by atoms with Crippen molar-refractivity contribution < 1.29 is 4.74 Å². The number of ether oxygens (including phenoxy) is 1. The Kier molecular flexibility index (Phi) is 4.87. The zero-order chi connectivity index (χ0) is 13.7. The number of aromatic nitrogens is 4. The largest absolute Gasteiger partial charge is 0.374 e. The highest BCUT2D eigenvalue weighted by atomic mass is 16.5. The van der Waals surface area contributed by atoms with Gasteiger partial charge in [-0.2, -0.15) is 4.80 Å². The topological polar surface area (TPSA) is 64.9 Å². The molecule has 108 valence electrons. The van der Waals surface area contributed by atoms with Gasteiger partial charge in [-0.05, 0) is 44.4 Å². The summed E-state index contributed by atoms with van der Waals surface area (Å²) < 4.78 is 6.06. The van der Waals surface area contributed by atoms with Gasteiger partial charge in [0.05, 0.1) is 12.6 Å². The second-order valence-corrected chi connectivity index (χ2v) is 5.52. The summed E-state index contributed by atoms with van der Waals surface area (Å²) >= 11 is 0. The molecule has 2 atom stereocenters. The number of rotatable bonds is 6. The molecule has 19 heavy (non-hydrogen) atoms. The van der Waals surface area contributed by atoms with E-state index in [4.69, 9.17) is 4.74 Å². The monoisotopic (exact) mass is 267 g/mol. The van der Waals surface area contributed by atoms with Crippen molar-refractivity contribution in [1.29, 1.82) is 0 Å². The van der Waals surface area contributed by atoms with E-state index in [-0.39, 0.29) is 11.6 Å². The molecule has 1 aliphatic rings. The molecule has 2 heterocycles. The quantitative estimate of drug-likeness (QED) is 0.835. The van der Waals surface area contributed by atoms with Crippen LogP contribution in [0.15, 0.2) is 0 Å². The van der Waals surface area contributed by atoms with Gasteiger partial charge in [-0.3, -0.25) is 0 Å². The van der Waals surface area contributed by atoms with E-state index in [2.05, 4.69) is 34.6 Å². The number of nitrogens with zero attached hydrogens (tertiary/aromatic N) is 4. The highest BCUT2D eigenvalue weighted by Gasteiger charge is 2.37. The van der Waals surface area contributed by atoms with Gasteiger partial charge >= 0.3 is 0 Å². The Hall–Kier alpha value is -1.01. The van der Waals surface area contributed by atoms with Crippen molar-refractivity contribution in [2.24, 2.45) is 7.05 Å². The van der Waals surface area contributed by atoms with E-state index < -0.39 is 0 Å². The number of tetrazole rings is 1. The molecule has 1 aromatic rings. The number of hydrogen-bond acceptors (Lipinski definition) is 5. The molecular weight excluding hydrogens is 242 g/mol. The summed E-state index contributed by atoms with van der Waals surface area (Å²) in [4.78, 5) is 1.51. The van der Waals surface area contributed by atoms with E-state index in [1.165, 1.54) is 17.6 Å². The number of hydrogen-bond donors (Lipinski definition) is 1. The lowest BCUT2D eigenvalue weighted by Crippen LogP contribution is -2.53. The molecule has 0 aliphatic carbocycles.